The maximum absolute atomic E-state index is 13.1. The van der Waals surface area contributed by atoms with Crippen LogP contribution in [0.15, 0.2) is 47.4 Å². The van der Waals surface area contributed by atoms with Gasteiger partial charge in [0.25, 0.3) is 5.91 Å². The van der Waals surface area contributed by atoms with Crippen molar-refractivity contribution >= 4 is 15.9 Å². The second-order valence-electron chi connectivity index (χ2n) is 8.33. The van der Waals surface area contributed by atoms with Gasteiger partial charge in [0.1, 0.15) is 5.75 Å². The van der Waals surface area contributed by atoms with E-state index >= 15 is 0 Å². The van der Waals surface area contributed by atoms with Gasteiger partial charge in [-0.2, -0.15) is 4.31 Å². The number of hydrogen-bond acceptors (Lipinski definition) is 4. The Hall–Kier alpha value is -2.38. The fourth-order valence-electron chi connectivity index (χ4n) is 4.48. The SMILES string of the molecule is CCOc1ccc2c(c1)CN(C(=O)c1ccc(S(=O)(=O)N3CCCCC3C)cc1)CC2. The molecule has 1 saturated heterocycles. The number of sulfonamides is 1. The quantitative estimate of drug-likeness (QED) is 0.706. The summed E-state index contributed by atoms with van der Waals surface area (Å²) in [5.74, 6) is 0.736. The first kappa shape index (κ1) is 21.8. The Morgan fingerprint density at radius 2 is 1.84 bits per heavy atom. The Labute approximate surface area is 184 Å². The average molecular weight is 443 g/mol. The summed E-state index contributed by atoms with van der Waals surface area (Å²) in [4.78, 5) is 15.1. The molecule has 2 aliphatic rings. The highest BCUT2D eigenvalue weighted by Crippen LogP contribution is 2.27. The third-order valence-corrected chi connectivity index (χ3v) is 8.27. The van der Waals surface area contributed by atoms with Gasteiger partial charge in [0.15, 0.2) is 0 Å². The van der Waals surface area contributed by atoms with E-state index in [0.717, 1.165) is 37.0 Å². The lowest BCUT2D eigenvalue weighted by atomic mass is 9.99. The zero-order chi connectivity index (χ0) is 22.0. The lowest BCUT2D eigenvalue weighted by molar-refractivity contribution is 0.0734. The summed E-state index contributed by atoms with van der Waals surface area (Å²) >= 11 is 0. The number of carbonyl (C=O) groups is 1. The second-order valence-corrected chi connectivity index (χ2v) is 10.2. The van der Waals surface area contributed by atoms with Crippen LogP contribution in [0.1, 0.15) is 54.6 Å². The summed E-state index contributed by atoms with van der Waals surface area (Å²) < 4.78 is 33.2. The van der Waals surface area contributed by atoms with E-state index in [4.69, 9.17) is 4.74 Å². The van der Waals surface area contributed by atoms with Crippen LogP contribution in [-0.4, -0.2) is 49.3 Å². The molecular weight excluding hydrogens is 412 g/mol. The van der Waals surface area contributed by atoms with E-state index in [1.165, 1.54) is 5.56 Å². The van der Waals surface area contributed by atoms with E-state index < -0.39 is 10.0 Å². The molecule has 0 spiro atoms. The molecule has 4 rings (SSSR count). The third kappa shape index (κ3) is 4.48. The fourth-order valence-corrected chi connectivity index (χ4v) is 6.18. The molecule has 1 fully saturated rings. The largest absolute Gasteiger partial charge is 0.494 e. The molecule has 31 heavy (non-hydrogen) atoms. The van der Waals surface area contributed by atoms with Crippen molar-refractivity contribution in [3.63, 3.8) is 0 Å². The normalized spacial score (nSPS) is 19.7. The molecule has 2 aromatic carbocycles. The summed E-state index contributed by atoms with van der Waals surface area (Å²) in [7, 11) is -3.53. The highest BCUT2D eigenvalue weighted by molar-refractivity contribution is 7.89. The molecule has 2 aliphatic heterocycles. The van der Waals surface area contributed by atoms with Gasteiger partial charge in [0.05, 0.1) is 11.5 Å². The van der Waals surface area contributed by atoms with Gasteiger partial charge in [-0.05, 0) is 80.6 Å². The lowest BCUT2D eigenvalue weighted by Crippen LogP contribution is -2.41. The molecule has 0 N–H and O–H groups in total. The van der Waals surface area contributed by atoms with Crippen molar-refractivity contribution in [1.29, 1.82) is 0 Å². The average Bonchev–Trinajstić information content (AvgIpc) is 2.78. The van der Waals surface area contributed by atoms with Crippen LogP contribution < -0.4 is 4.74 Å². The number of rotatable bonds is 5. The Kier molecular flexibility index (Phi) is 6.34. The molecular formula is C24H30N2O4S. The van der Waals surface area contributed by atoms with Gasteiger partial charge >= 0.3 is 0 Å². The molecule has 6 nitrogen and oxygen atoms in total. The standard InChI is InChI=1S/C24H30N2O4S/c1-3-30-22-10-7-19-13-15-25(17-21(19)16-22)24(27)20-8-11-23(12-9-20)31(28,29)26-14-5-4-6-18(26)2/h7-12,16,18H,3-6,13-15,17H2,1-2H3. The van der Waals surface area contributed by atoms with Crippen LogP contribution >= 0.6 is 0 Å². The molecule has 7 heteroatoms. The van der Waals surface area contributed by atoms with Crippen molar-refractivity contribution in [2.45, 2.75) is 57.0 Å². The Bertz CT molecular complexity index is 1050. The van der Waals surface area contributed by atoms with E-state index in [-0.39, 0.29) is 16.8 Å². The maximum Gasteiger partial charge on any atom is 0.254 e. The van der Waals surface area contributed by atoms with Crippen molar-refractivity contribution in [3.8, 4) is 5.75 Å². The minimum atomic E-state index is -3.53. The van der Waals surface area contributed by atoms with Crippen LogP contribution in [0.4, 0.5) is 0 Å². The van der Waals surface area contributed by atoms with Crippen LogP contribution in [0, 0.1) is 0 Å². The number of carbonyl (C=O) groups excluding carboxylic acids is 1. The smallest absolute Gasteiger partial charge is 0.254 e. The number of fused-ring (bicyclic) bond motifs is 1. The van der Waals surface area contributed by atoms with E-state index in [9.17, 15) is 13.2 Å². The highest BCUT2D eigenvalue weighted by atomic mass is 32.2. The number of piperidine rings is 1. The van der Waals surface area contributed by atoms with Crippen LogP contribution in [-0.2, 0) is 23.0 Å². The van der Waals surface area contributed by atoms with Gasteiger partial charge in [-0.1, -0.05) is 12.5 Å². The Balaban J connectivity index is 1.49. The van der Waals surface area contributed by atoms with Crippen LogP contribution in [0.2, 0.25) is 0 Å². The Morgan fingerprint density at radius 1 is 1.06 bits per heavy atom. The molecule has 0 radical (unpaired) electrons. The van der Waals surface area contributed by atoms with Gasteiger partial charge in [-0.25, -0.2) is 8.42 Å². The van der Waals surface area contributed by atoms with E-state index in [2.05, 4.69) is 6.07 Å². The van der Waals surface area contributed by atoms with E-state index in [1.807, 2.05) is 30.9 Å². The predicted octanol–water partition coefficient (Wildman–Crippen LogP) is 3.85. The summed E-state index contributed by atoms with van der Waals surface area (Å²) in [6.45, 7) is 6.24. The second kappa shape index (κ2) is 9.01. The summed E-state index contributed by atoms with van der Waals surface area (Å²) in [5, 5.41) is 0. The molecule has 0 saturated carbocycles. The summed E-state index contributed by atoms with van der Waals surface area (Å²) in [6, 6.07) is 12.5. The number of hydrogen-bond donors (Lipinski definition) is 0. The molecule has 0 bridgehead atoms. The number of nitrogens with zero attached hydrogens (tertiary/aromatic N) is 2. The van der Waals surface area contributed by atoms with Crippen molar-refractivity contribution in [2.75, 3.05) is 19.7 Å². The highest BCUT2D eigenvalue weighted by Gasteiger charge is 2.31. The van der Waals surface area contributed by atoms with Crippen LogP contribution in [0.5, 0.6) is 5.75 Å². The monoisotopic (exact) mass is 442 g/mol. The van der Waals surface area contributed by atoms with Crippen molar-refractivity contribution in [3.05, 3.63) is 59.2 Å². The molecule has 166 valence electrons. The molecule has 1 amide bonds. The number of benzene rings is 2. The molecule has 2 aromatic rings. The maximum atomic E-state index is 13.1. The summed E-state index contributed by atoms with van der Waals surface area (Å²) in [5.41, 5.74) is 2.85. The Morgan fingerprint density at radius 3 is 2.55 bits per heavy atom. The fraction of sp³-hybridized carbons (Fsp3) is 0.458. The van der Waals surface area contributed by atoms with Crippen LogP contribution in [0.25, 0.3) is 0 Å². The summed E-state index contributed by atoms with van der Waals surface area (Å²) in [6.07, 6.45) is 3.64. The van der Waals surface area contributed by atoms with Crippen molar-refractivity contribution in [2.24, 2.45) is 0 Å². The topological polar surface area (TPSA) is 66.9 Å². The number of amides is 1. The predicted molar refractivity (Wildman–Crippen MR) is 120 cm³/mol. The van der Waals surface area contributed by atoms with E-state index in [0.29, 0.717) is 31.8 Å². The molecule has 1 unspecified atom stereocenters. The van der Waals surface area contributed by atoms with Crippen molar-refractivity contribution in [1.82, 2.24) is 9.21 Å². The molecule has 0 aliphatic carbocycles. The minimum absolute atomic E-state index is 0.00931. The van der Waals surface area contributed by atoms with Gasteiger partial charge in [0, 0.05) is 31.2 Å². The third-order valence-electron chi connectivity index (χ3n) is 6.24. The van der Waals surface area contributed by atoms with Gasteiger partial charge in [-0.3, -0.25) is 4.79 Å². The van der Waals surface area contributed by atoms with Gasteiger partial charge in [0.2, 0.25) is 10.0 Å². The first-order valence-electron chi connectivity index (χ1n) is 11.1. The first-order chi connectivity index (χ1) is 14.9. The minimum Gasteiger partial charge on any atom is -0.494 e. The molecule has 1 atom stereocenters. The molecule has 0 aromatic heterocycles. The van der Waals surface area contributed by atoms with Crippen molar-refractivity contribution < 1.29 is 17.9 Å². The first-order valence-corrected chi connectivity index (χ1v) is 12.5. The zero-order valence-electron chi connectivity index (χ0n) is 18.2. The molecule has 2 heterocycles. The number of ether oxygens (including phenoxy) is 1. The van der Waals surface area contributed by atoms with Crippen LogP contribution in [0.3, 0.4) is 0 Å². The van der Waals surface area contributed by atoms with E-state index in [1.54, 1.807) is 28.6 Å². The van der Waals surface area contributed by atoms with Gasteiger partial charge < -0.3 is 9.64 Å². The van der Waals surface area contributed by atoms with Gasteiger partial charge in [-0.15, -0.1) is 0 Å². The zero-order valence-corrected chi connectivity index (χ0v) is 19.0. The lowest BCUT2D eigenvalue weighted by Gasteiger charge is -2.32.